The second-order valence-electron chi connectivity index (χ2n) is 4.57. The van der Waals surface area contributed by atoms with Gasteiger partial charge in [-0.3, -0.25) is 4.79 Å². The summed E-state index contributed by atoms with van der Waals surface area (Å²) in [7, 11) is 0. The number of allylic oxidation sites excluding steroid dienone is 3. The highest BCUT2D eigenvalue weighted by Crippen LogP contribution is 2.28. The van der Waals surface area contributed by atoms with Crippen LogP contribution in [0.15, 0.2) is 54.3 Å². The fourth-order valence-electron chi connectivity index (χ4n) is 2.20. The van der Waals surface area contributed by atoms with Crippen LogP contribution < -0.4 is 5.32 Å². The Bertz CT molecular complexity index is 477. The lowest BCUT2D eigenvalue weighted by molar-refractivity contribution is -0.141. The van der Waals surface area contributed by atoms with E-state index in [0.717, 1.165) is 17.8 Å². The van der Waals surface area contributed by atoms with Gasteiger partial charge in [-0.1, -0.05) is 37.3 Å². The molecular weight excluding hydrogens is 226 g/mol. The van der Waals surface area contributed by atoms with Crippen LogP contribution in [0.1, 0.15) is 13.3 Å². The first kappa shape index (κ1) is 12.4. The molecule has 2 unspecified atom stereocenters. The van der Waals surface area contributed by atoms with Crippen LogP contribution >= 0.6 is 0 Å². The summed E-state index contributed by atoms with van der Waals surface area (Å²) >= 11 is 0. The minimum absolute atomic E-state index is 0.0868. The van der Waals surface area contributed by atoms with Crippen LogP contribution in [0.3, 0.4) is 0 Å². The lowest BCUT2D eigenvalue weighted by atomic mass is 9.89. The summed E-state index contributed by atoms with van der Waals surface area (Å²) in [6, 6.07) is 9.64. The van der Waals surface area contributed by atoms with E-state index in [4.69, 9.17) is 0 Å². The number of carbonyl (C=O) groups is 1. The molecule has 18 heavy (non-hydrogen) atoms. The van der Waals surface area contributed by atoms with E-state index < -0.39 is 11.9 Å². The highest BCUT2D eigenvalue weighted by molar-refractivity contribution is 5.76. The number of aliphatic carboxylic acids is 1. The Balaban J connectivity index is 2.25. The van der Waals surface area contributed by atoms with Gasteiger partial charge in [0.2, 0.25) is 0 Å². The average Bonchev–Trinajstić information content (AvgIpc) is 2.52. The molecule has 0 aliphatic heterocycles. The van der Waals surface area contributed by atoms with Crippen LogP contribution in [-0.4, -0.2) is 11.1 Å². The van der Waals surface area contributed by atoms with Gasteiger partial charge < -0.3 is 10.4 Å². The van der Waals surface area contributed by atoms with Gasteiger partial charge in [-0.2, -0.15) is 0 Å². The van der Waals surface area contributed by atoms with Gasteiger partial charge in [-0.15, -0.1) is 0 Å². The number of anilines is 1. The molecule has 2 rings (SSSR count). The van der Waals surface area contributed by atoms with E-state index in [1.54, 1.807) is 0 Å². The van der Waals surface area contributed by atoms with Crippen molar-refractivity contribution in [2.24, 2.45) is 11.8 Å². The lowest BCUT2D eigenvalue weighted by Crippen LogP contribution is -2.26. The van der Waals surface area contributed by atoms with Crippen molar-refractivity contribution in [3.8, 4) is 0 Å². The topological polar surface area (TPSA) is 49.3 Å². The van der Waals surface area contributed by atoms with Crippen LogP contribution in [0.4, 0.5) is 5.69 Å². The normalized spacial score (nSPS) is 23.1. The fourth-order valence-corrected chi connectivity index (χ4v) is 2.20. The van der Waals surface area contributed by atoms with Gasteiger partial charge in [0, 0.05) is 11.4 Å². The average molecular weight is 243 g/mol. The molecule has 0 amide bonds. The minimum Gasteiger partial charge on any atom is -0.481 e. The Morgan fingerprint density at radius 3 is 2.72 bits per heavy atom. The molecule has 1 aliphatic carbocycles. The molecule has 1 aromatic rings. The smallest absolute Gasteiger partial charge is 0.312 e. The largest absolute Gasteiger partial charge is 0.481 e. The highest BCUT2D eigenvalue weighted by atomic mass is 16.4. The van der Waals surface area contributed by atoms with Gasteiger partial charge in [-0.25, -0.2) is 0 Å². The Kier molecular flexibility index (Phi) is 3.82. The molecule has 0 radical (unpaired) electrons. The Labute approximate surface area is 107 Å². The Morgan fingerprint density at radius 1 is 1.33 bits per heavy atom. The SMILES string of the molecule is CC1CC=CC=C(Nc2ccccc2)C1C(=O)O. The third kappa shape index (κ3) is 2.80. The number of hydrogen-bond acceptors (Lipinski definition) is 2. The minimum atomic E-state index is -0.777. The molecule has 2 N–H and O–H groups in total. The second-order valence-corrected chi connectivity index (χ2v) is 4.57. The van der Waals surface area contributed by atoms with E-state index in [2.05, 4.69) is 5.32 Å². The second kappa shape index (κ2) is 5.54. The molecule has 0 fully saturated rings. The number of hydrogen-bond donors (Lipinski definition) is 2. The van der Waals surface area contributed by atoms with Gasteiger partial charge in [0.05, 0.1) is 5.92 Å². The van der Waals surface area contributed by atoms with Crippen molar-refractivity contribution in [3.05, 3.63) is 54.3 Å². The van der Waals surface area contributed by atoms with Gasteiger partial charge in [-0.05, 0) is 30.5 Å². The maximum Gasteiger partial charge on any atom is 0.312 e. The summed E-state index contributed by atoms with van der Waals surface area (Å²) in [5.41, 5.74) is 1.66. The zero-order valence-electron chi connectivity index (χ0n) is 10.3. The number of carboxylic acid groups (broad SMARTS) is 1. The van der Waals surface area contributed by atoms with Crippen molar-refractivity contribution in [2.45, 2.75) is 13.3 Å². The van der Waals surface area contributed by atoms with Crippen molar-refractivity contribution in [2.75, 3.05) is 5.32 Å². The molecule has 0 saturated carbocycles. The Hall–Kier alpha value is -2.03. The predicted octanol–water partition coefficient (Wildman–Crippen LogP) is 3.28. The summed E-state index contributed by atoms with van der Waals surface area (Å²) in [6.45, 7) is 1.97. The number of carboxylic acids is 1. The van der Waals surface area contributed by atoms with Crippen molar-refractivity contribution < 1.29 is 9.90 Å². The molecule has 0 saturated heterocycles. The standard InChI is InChI=1S/C15H17NO2/c1-11-7-5-6-10-13(14(11)15(17)18)16-12-8-3-2-4-9-12/h2-6,8-11,14,16H,7H2,1H3,(H,17,18). The van der Waals surface area contributed by atoms with Gasteiger partial charge >= 0.3 is 5.97 Å². The molecule has 1 aromatic carbocycles. The number of rotatable bonds is 3. The van der Waals surface area contributed by atoms with Crippen molar-refractivity contribution in [3.63, 3.8) is 0 Å². The fraction of sp³-hybridized carbons (Fsp3) is 0.267. The summed E-state index contributed by atoms with van der Waals surface area (Å²) in [5.74, 6) is -1.18. The summed E-state index contributed by atoms with van der Waals surface area (Å²) in [4.78, 5) is 11.4. The van der Waals surface area contributed by atoms with E-state index in [9.17, 15) is 9.90 Å². The number of nitrogens with one attached hydrogen (secondary N) is 1. The van der Waals surface area contributed by atoms with E-state index in [0.29, 0.717) is 0 Å². The van der Waals surface area contributed by atoms with Crippen molar-refractivity contribution in [1.82, 2.24) is 0 Å². The first-order valence-corrected chi connectivity index (χ1v) is 6.10. The van der Waals surface area contributed by atoms with Crippen LogP contribution in [0.5, 0.6) is 0 Å². The zero-order valence-corrected chi connectivity index (χ0v) is 10.3. The number of para-hydroxylation sites is 1. The van der Waals surface area contributed by atoms with E-state index in [1.165, 1.54) is 0 Å². The van der Waals surface area contributed by atoms with Crippen molar-refractivity contribution >= 4 is 11.7 Å². The third-order valence-electron chi connectivity index (χ3n) is 3.15. The number of benzene rings is 1. The van der Waals surface area contributed by atoms with E-state index in [1.807, 2.05) is 55.5 Å². The maximum atomic E-state index is 11.4. The van der Waals surface area contributed by atoms with Gasteiger partial charge in [0.25, 0.3) is 0 Å². The third-order valence-corrected chi connectivity index (χ3v) is 3.15. The van der Waals surface area contributed by atoms with Crippen LogP contribution in [0.2, 0.25) is 0 Å². The zero-order chi connectivity index (χ0) is 13.0. The predicted molar refractivity (Wildman–Crippen MR) is 72.2 cm³/mol. The molecule has 1 aliphatic rings. The van der Waals surface area contributed by atoms with Gasteiger partial charge in [0.15, 0.2) is 0 Å². The molecule has 0 spiro atoms. The summed E-state index contributed by atoms with van der Waals surface area (Å²) < 4.78 is 0. The van der Waals surface area contributed by atoms with E-state index >= 15 is 0 Å². The summed E-state index contributed by atoms with van der Waals surface area (Å²) in [5, 5.41) is 12.6. The molecule has 0 heterocycles. The molecule has 94 valence electrons. The molecule has 3 heteroatoms. The van der Waals surface area contributed by atoms with Gasteiger partial charge in [0.1, 0.15) is 0 Å². The lowest BCUT2D eigenvalue weighted by Gasteiger charge is -2.22. The molecule has 0 bridgehead atoms. The maximum absolute atomic E-state index is 11.4. The molecular formula is C15H17NO2. The van der Waals surface area contributed by atoms with Crippen LogP contribution in [-0.2, 0) is 4.79 Å². The highest BCUT2D eigenvalue weighted by Gasteiger charge is 2.28. The van der Waals surface area contributed by atoms with Crippen LogP contribution in [0.25, 0.3) is 0 Å². The van der Waals surface area contributed by atoms with Crippen LogP contribution in [0, 0.1) is 11.8 Å². The summed E-state index contributed by atoms with van der Waals surface area (Å²) in [6.07, 6.45) is 6.58. The molecule has 2 atom stereocenters. The molecule has 3 nitrogen and oxygen atoms in total. The molecule has 0 aromatic heterocycles. The first-order chi connectivity index (χ1) is 8.68. The quantitative estimate of drug-likeness (QED) is 0.856. The van der Waals surface area contributed by atoms with E-state index in [-0.39, 0.29) is 5.92 Å². The monoisotopic (exact) mass is 243 g/mol. The Morgan fingerprint density at radius 2 is 2.06 bits per heavy atom. The van der Waals surface area contributed by atoms with Crippen molar-refractivity contribution in [1.29, 1.82) is 0 Å². The first-order valence-electron chi connectivity index (χ1n) is 6.10.